The first-order valence-corrected chi connectivity index (χ1v) is 7.20. The fraction of sp³-hybridized carbons (Fsp3) is 0.294. The van der Waals surface area contributed by atoms with Crippen LogP contribution in [0.2, 0.25) is 5.02 Å². The zero-order valence-corrected chi connectivity index (χ0v) is 12.5. The van der Waals surface area contributed by atoms with E-state index in [1.54, 1.807) is 0 Å². The Labute approximate surface area is 124 Å². The number of anilines is 1. The van der Waals surface area contributed by atoms with Crippen LogP contribution >= 0.6 is 11.6 Å². The molecule has 0 saturated heterocycles. The van der Waals surface area contributed by atoms with Crippen molar-refractivity contribution in [3.8, 4) is 5.75 Å². The highest BCUT2D eigenvalue weighted by molar-refractivity contribution is 6.30. The Balaban J connectivity index is 1.71. The van der Waals surface area contributed by atoms with Crippen molar-refractivity contribution in [1.82, 2.24) is 0 Å². The monoisotopic (exact) mass is 287 g/mol. The summed E-state index contributed by atoms with van der Waals surface area (Å²) in [6.07, 6.45) is 0.966. The summed E-state index contributed by atoms with van der Waals surface area (Å²) in [6.45, 7) is 5.03. The van der Waals surface area contributed by atoms with Crippen molar-refractivity contribution in [1.29, 1.82) is 0 Å². The molecule has 0 bridgehead atoms. The second-order valence-electron chi connectivity index (χ2n) is 5.84. The number of hydrogen-bond acceptors (Lipinski definition) is 2. The van der Waals surface area contributed by atoms with Gasteiger partial charge in [0, 0.05) is 23.7 Å². The molecule has 2 aromatic rings. The molecule has 3 heteroatoms. The topological polar surface area (TPSA) is 21.3 Å². The van der Waals surface area contributed by atoms with Gasteiger partial charge in [0.15, 0.2) is 0 Å². The number of nitrogens with one attached hydrogen (secondary N) is 1. The maximum Gasteiger partial charge on any atom is 0.123 e. The smallest absolute Gasteiger partial charge is 0.123 e. The largest absolute Gasteiger partial charge is 0.487 e. The normalized spacial score (nSPS) is 15.6. The molecule has 0 atom stereocenters. The van der Waals surface area contributed by atoms with Crippen LogP contribution in [0.5, 0.6) is 5.75 Å². The minimum Gasteiger partial charge on any atom is -0.487 e. The lowest BCUT2D eigenvalue weighted by atomic mass is 10.0. The maximum atomic E-state index is 5.98. The molecule has 0 unspecified atom stereocenters. The van der Waals surface area contributed by atoms with Gasteiger partial charge in [0.1, 0.15) is 11.4 Å². The number of fused-ring (bicyclic) bond motifs is 1. The molecular formula is C17H18ClNO. The number of halogens is 1. The molecule has 0 radical (unpaired) electrons. The molecule has 1 N–H and O–H groups in total. The average molecular weight is 288 g/mol. The Morgan fingerprint density at radius 3 is 2.85 bits per heavy atom. The molecule has 0 aliphatic carbocycles. The van der Waals surface area contributed by atoms with Crippen LogP contribution in [0, 0.1) is 0 Å². The number of hydrogen-bond donors (Lipinski definition) is 1. The number of ether oxygens (including phenoxy) is 1. The quantitative estimate of drug-likeness (QED) is 0.886. The van der Waals surface area contributed by atoms with Crippen molar-refractivity contribution in [2.45, 2.75) is 32.4 Å². The molecule has 104 valence electrons. The summed E-state index contributed by atoms with van der Waals surface area (Å²) >= 11 is 5.98. The fourth-order valence-electron chi connectivity index (χ4n) is 2.58. The zero-order valence-electron chi connectivity index (χ0n) is 11.7. The zero-order chi connectivity index (χ0) is 14.2. The second kappa shape index (κ2) is 5.02. The number of benzene rings is 2. The summed E-state index contributed by atoms with van der Waals surface area (Å²) in [4.78, 5) is 0. The predicted octanol–water partition coefficient (Wildman–Crippen LogP) is 4.67. The van der Waals surface area contributed by atoms with Gasteiger partial charge in [-0.05, 0) is 49.2 Å². The molecule has 1 aliphatic heterocycles. The first-order valence-electron chi connectivity index (χ1n) is 6.82. The Hall–Kier alpha value is -1.67. The Kier molecular flexibility index (Phi) is 3.35. The van der Waals surface area contributed by atoms with Crippen LogP contribution in [0.1, 0.15) is 25.0 Å². The lowest BCUT2D eigenvalue weighted by Gasteiger charge is -2.16. The van der Waals surface area contributed by atoms with Crippen LogP contribution in [0.4, 0.5) is 5.69 Å². The van der Waals surface area contributed by atoms with Gasteiger partial charge < -0.3 is 10.1 Å². The molecule has 0 saturated carbocycles. The van der Waals surface area contributed by atoms with E-state index in [1.165, 1.54) is 11.1 Å². The molecule has 1 aliphatic rings. The van der Waals surface area contributed by atoms with Gasteiger partial charge in [-0.15, -0.1) is 0 Å². The molecule has 2 nitrogen and oxygen atoms in total. The Morgan fingerprint density at radius 1 is 1.20 bits per heavy atom. The summed E-state index contributed by atoms with van der Waals surface area (Å²) in [7, 11) is 0. The fourth-order valence-corrected chi connectivity index (χ4v) is 2.77. The van der Waals surface area contributed by atoms with Crippen LogP contribution in [-0.4, -0.2) is 5.60 Å². The molecular weight excluding hydrogens is 270 g/mol. The summed E-state index contributed by atoms with van der Waals surface area (Å²) in [5.74, 6) is 1.02. The summed E-state index contributed by atoms with van der Waals surface area (Å²) in [5.41, 5.74) is 3.50. The molecule has 0 aromatic heterocycles. The highest BCUT2D eigenvalue weighted by Crippen LogP contribution is 2.35. The molecule has 0 amide bonds. The third kappa shape index (κ3) is 2.91. The van der Waals surface area contributed by atoms with E-state index in [1.807, 2.05) is 24.3 Å². The SMILES string of the molecule is CC1(C)Cc2cc(CNc3cccc(Cl)c3)ccc2O1. The van der Waals surface area contributed by atoms with Crippen molar-refractivity contribution in [2.24, 2.45) is 0 Å². The van der Waals surface area contributed by atoms with Gasteiger partial charge in [0.2, 0.25) is 0 Å². The standard InChI is InChI=1S/C17H18ClNO/c1-17(2)10-13-8-12(6-7-16(13)20-17)11-19-15-5-3-4-14(18)9-15/h3-9,19H,10-11H2,1-2H3. The molecule has 1 heterocycles. The van der Waals surface area contributed by atoms with Gasteiger partial charge in [-0.2, -0.15) is 0 Å². The van der Waals surface area contributed by atoms with Gasteiger partial charge >= 0.3 is 0 Å². The summed E-state index contributed by atoms with van der Waals surface area (Å²) in [6, 6.07) is 14.2. The van der Waals surface area contributed by atoms with Crippen molar-refractivity contribution in [3.05, 3.63) is 58.6 Å². The third-order valence-corrected chi connectivity index (χ3v) is 3.68. The van der Waals surface area contributed by atoms with Gasteiger partial charge in [-0.25, -0.2) is 0 Å². The minimum atomic E-state index is -0.0820. The summed E-state index contributed by atoms with van der Waals surface area (Å²) in [5, 5.41) is 4.14. The summed E-state index contributed by atoms with van der Waals surface area (Å²) < 4.78 is 5.89. The molecule has 0 fully saturated rings. The lowest BCUT2D eigenvalue weighted by molar-refractivity contribution is 0.138. The maximum absolute atomic E-state index is 5.98. The molecule has 3 rings (SSSR count). The van der Waals surface area contributed by atoms with E-state index >= 15 is 0 Å². The van der Waals surface area contributed by atoms with Gasteiger partial charge in [-0.1, -0.05) is 29.8 Å². The van der Waals surface area contributed by atoms with E-state index in [-0.39, 0.29) is 5.60 Å². The second-order valence-corrected chi connectivity index (χ2v) is 6.28. The van der Waals surface area contributed by atoms with Crippen molar-refractivity contribution in [3.63, 3.8) is 0 Å². The van der Waals surface area contributed by atoms with Crippen LogP contribution in [-0.2, 0) is 13.0 Å². The first kappa shape index (κ1) is 13.3. The van der Waals surface area contributed by atoms with Crippen LogP contribution in [0.25, 0.3) is 0 Å². The van der Waals surface area contributed by atoms with Crippen LogP contribution < -0.4 is 10.1 Å². The van der Waals surface area contributed by atoms with E-state index in [4.69, 9.17) is 16.3 Å². The first-order chi connectivity index (χ1) is 9.52. The van der Waals surface area contributed by atoms with E-state index in [2.05, 4.69) is 37.4 Å². The van der Waals surface area contributed by atoms with Gasteiger partial charge in [0.25, 0.3) is 0 Å². The average Bonchev–Trinajstić information content (AvgIpc) is 2.69. The van der Waals surface area contributed by atoms with E-state index in [9.17, 15) is 0 Å². The van der Waals surface area contributed by atoms with E-state index in [0.717, 1.165) is 29.4 Å². The van der Waals surface area contributed by atoms with Gasteiger partial charge in [-0.3, -0.25) is 0 Å². The van der Waals surface area contributed by atoms with Crippen LogP contribution in [0.15, 0.2) is 42.5 Å². The third-order valence-electron chi connectivity index (χ3n) is 3.45. The Bertz CT molecular complexity index is 637. The lowest BCUT2D eigenvalue weighted by Crippen LogP contribution is -2.24. The minimum absolute atomic E-state index is 0.0820. The molecule has 2 aromatic carbocycles. The highest BCUT2D eigenvalue weighted by Gasteiger charge is 2.29. The van der Waals surface area contributed by atoms with Crippen molar-refractivity contribution >= 4 is 17.3 Å². The Morgan fingerprint density at radius 2 is 2.05 bits per heavy atom. The van der Waals surface area contributed by atoms with Gasteiger partial charge in [0.05, 0.1) is 0 Å². The molecule has 0 spiro atoms. The number of rotatable bonds is 3. The van der Waals surface area contributed by atoms with Crippen molar-refractivity contribution in [2.75, 3.05) is 5.32 Å². The van der Waals surface area contributed by atoms with E-state index in [0.29, 0.717) is 0 Å². The molecule has 20 heavy (non-hydrogen) atoms. The van der Waals surface area contributed by atoms with E-state index < -0.39 is 0 Å². The van der Waals surface area contributed by atoms with Crippen LogP contribution in [0.3, 0.4) is 0 Å². The predicted molar refractivity (Wildman–Crippen MR) is 83.6 cm³/mol. The van der Waals surface area contributed by atoms with Crippen molar-refractivity contribution < 1.29 is 4.74 Å². The highest BCUT2D eigenvalue weighted by atomic mass is 35.5.